The number of benzene rings is 3. The first-order chi connectivity index (χ1) is 16.0. The van der Waals surface area contributed by atoms with Crippen LogP contribution in [0.4, 0.5) is 17.1 Å². The maximum Gasteiger partial charge on any atom is 0.295 e. The minimum atomic E-state index is -0.508. The molecule has 2 N–H and O–H groups in total. The van der Waals surface area contributed by atoms with Gasteiger partial charge in [-0.25, -0.2) is 4.99 Å². The second kappa shape index (κ2) is 7.84. The van der Waals surface area contributed by atoms with Crippen LogP contribution < -0.4 is 5.32 Å². The van der Waals surface area contributed by atoms with Crippen molar-refractivity contribution in [2.24, 2.45) is 4.99 Å². The van der Waals surface area contributed by atoms with Gasteiger partial charge < -0.3 is 5.32 Å². The molecule has 11 heteroatoms. The first-order valence-electron chi connectivity index (χ1n) is 9.64. The van der Waals surface area contributed by atoms with Gasteiger partial charge in [0, 0.05) is 34.5 Å². The largest absolute Gasteiger partial charge is 0.359 e. The summed E-state index contributed by atoms with van der Waals surface area (Å²) in [5.74, 6) is 0. The van der Waals surface area contributed by atoms with Crippen LogP contribution >= 0.6 is 11.6 Å². The van der Waals surface area contributed by atoms with Gasteiger partial charge in [-0.1, -0.05) is 41.9 Å². The van der Waals surface area contributed by atoms with Gasteiger partial charge in [0.1, 0.15) is 5.52 Å². The highest BCUT2D eigenvalue weighted by Crippen LogP contribution is 2.39. The van der Waals surface area contributed by atoms with Gasteiger partial charge in [0.25, 0.3) is 11.4 Å². The van der Waals surface area contributed by atoms with Gasteiger partial charge in [0.05, 0.1) is 44.1 Å². The molecule has 0 saturated carbocycles. The van der Waals surface area contributed by atoms with Crippen LogP contribution in [-0.4, -0.2) is 25.8 Å². The van der Waals surface area contributed by atoms with Crippen LogP contribution in [0.25, 0.3) is 16.6 Å². The summed E-state index contributed by atoms with van der Waals surface area (Å²) in [7, 11) is 0. The minimum absolute atomic E-state index is 0.127. The number of non-ortho nitro benzene ring substituents is 1. The number of nitrogens with one attached hydrogen (secondary N) is 2. The van der Waals surface area contributed by atoms with Gasteiger partial charge >= 0.3 is 0 Å². The predicted octanol–water partition coefficient (Wildman–Crippen LogP) is 5.29. The van der Waals surface area contributed by atoms with E-state index in [1.54, 1.807) is 42.5 Å². The fourth-order valence-electron chi connectivity index (χ4n) is 3.78. The first-order valence-corrected chi connectivity index (χ1v) is 10.0. The van der Waals surface area contributed by atoms with E-state index in [1.165, 1.54) is 24.5 Å². The number of aromatic nitrogens is 2. The zero-order valence-electron chi connectivity index (χ0n) is 16.7. The lowest BCUT2D eigenvalue weighted by Gasteiger charge is -2.13. The molecule has 0 atom stereocenters. The van der Waals surface area contributed by atoms with Crippen LogP contribution in [-0.2, 0) is 0 Å². The Morgan fingerprint density at radius 1 is 0.879 bits per heavy atom. The molecule has 4 aromatic rings. The number of fused-ring (bicyclic) bond motifs is 3. The van der Waals surface area contributed by atoms with E-state index in [2.05, 4.69) is 15.5 Å². The Hall–Kier alpha value is -4.57. The summed E-state index contributed by atoms with van der Waals surface area (Å²) in [5.41, 5.74) is 2.26. The fraction of sp³-hybridized carbons (Fsp3) is 0. The van der Waals surface area contributed by atoms with Crippen molar-refractivity contribution >= 4 is 51.0 Å². The van der Waals surface area contributed by atoms with Crippen LogP contribution in [0.5, 0.6) is 0 Å². The van der Waals surface area contributed by atoms with Gasteiger partial charge in [-0.15, -0.1) is 0 Å². The number of hydrogen-bond donors (Lipinski definition) is 2. The quantitative estimate of drug-likeness (QED) is 0.313. The highest BCUT2D eigenvalue weighted by Gasteiger charge is 2.27. The predicted molar refractivity (Wildman–Crippen MR) is 125 cm³/mol. The molecular formula is C22H13ClN6O4. The normalized spacial score (nSPS) is 12.9. The lowest BCUT2D eigenvalue weighted by atomic mass is 9.97. The van der Waals surface area contributed by atoms with E-state index >= 15 is 0 Å². The van der Waals surface area contributed by atoms with E-state index in [-0.39, 0.29) is 28.2 Å². The summed E-state index contributed by atoms with van der Waals surface area (Å²) in [6, 6.07) is 14.5. The van der Waals surface area contributed by atoms with Crippen molar-refractivity contribution in [2.45, 2.75) is 0 Å². The number of para-hydroxylation sites is 1. The maximum atomic E-state index is 11.8. The van der Waals surface area contributed by atoms with Crippen molar-refractivity contribution in [3.8, 4) is 0 Å². The minimum Gasteiger partial charge on any atom is -0.359 e. The van der Waals surface area contributed by atoms with Crippen LogP contribution in [0.3, 0.4) is 0 Å². The second-order valence-corrected chi connectivity index (χ2v) is 7.53. The van der Waals surface area contributed by atoms with Gasteiger partial charge in [0.15, 0.2) is 0 Å². The number of hydrogen-bond acceptors (Lipinski definition) is 7. The highest BCUT2D eigenvalue weighted by atomic mass is 35.5. The lowest BCUT2D eigenvalue weighted by Crippen LogP contribution is -2.07. The Labute approximate surface area is 190 Å². The van der Waals surface area contributed by atoms with Crippen molar-refractivity contribution in [3.05, 3.63) is 109 Å². The number of nitro groups is 2. The molecule has 0 unspecified atom stereocenters. The molecule has 0 saturated heterocycles. The summed E-state index contributed by atoms with van der Waals surface area (Å²) in [5, 5.41) is 34.0. The Kier molecular flexibility index (Phi) is 4.83. The first kappa shape index (κ1) is 20.3. The standard InChI is InChI=1S/C22H13ClN6O4/c23-16-7-3-1-5-12(16)21-14-9-19(29(32)33)22-15(10-25-27-22)20(14)24-11-17(26-21)13-6-2-4-8-18(13)28(30)31/h1-11,24H,(H,25,27). The number of H-pyrrole nitrogens is 1. The zero-order chi connectivity index (χ0) is 23.1. The Balaban J connectivity index is 1.85. The van der Waals surface area contributed by atoms with Crippen LogP contribution in [0.1, 0.15) is 16.7 Å². The third-order valence-corrected chi connectivity index (χ3v) is 5.59. The molecule has 10 nitrogen and oxygen atoms in total. The monoisotopic (exact) mass is 460 g/mol. The van der Waals surface area contributed by atoms with Gasteiger partial charge in [0.2, 0.25) is 0 Å². The van der Waals surface area contributed by atoms with Gasteiger partial charge in [-0.3, -0.25) is 25.3 Å². The van der Waals surface area contributed by atoms with Crippen LogP contribution in [0.2, 0.25) is 5.02 Å². The molecule has 33 heavy (non-hydrogen) atoms. The van der Waals surface area contributed by atoms with Gasteiger partial charge in [-0.05, 0) is 12.1 Å². The van der Waals surface area contributed by atoms with Crippen LogP contribution in [0.15, 0.2) is 72.0 Å². The highest BCUT2D eigenvalue weighted by molar-refractivity contribution is 6.36. The molecule has 3 aromatic carbocycles. The third kappa shape index (κ3) is 3.38. The molecule has 0 aliphatic carbocycles. The topological polar surface area (TPSA) is 139 Å². The smallest absolute Gasteiger partial charge is 0.295 e. The van der Waals surface area contributed by atoms with Crippen LogP contribution in [0, 0.1) is 20.2 Å². The molecule has 0 spiro atoms. The maximum absolute atomic E-state index is 11.8. The number of nitro benzene ring substituents is 2. The van der Waals surface area contributed by atoms with Crippen molar-refractivity contribution in [1.29, 1.82) is 0 Å². The number of aliphatic imine (C=N–C) groups is 1. The summed E-state index contributed by atoms with van der Waals surface area (Å²) >= 11 is 6.47. The van der Waals surface area contributed by atoms with E-state index in [9.17, 15) is 20.2 Å². The Bertz CT molecular complexity index is 1520. The molecule has 1 aliphatic heterocycles. The van der Waals surface area contributed by atoms with E-state index < -0.39 is 9.85 Å². The molecule has 0 bridgehead atoms. The van der Waals surface area contributed by atoms with Crippen molar-refractivity contribution in [3.63, 3.8) is 0 Å². The number of anilines is 1. The van der Waals surface area contributed by atoms with Gasteiger partial charge in [-0.2, -0.15) is 5.10 Å². The van der Waals surface area contributed by atoms with Crippen molar-refractivity contribution in [1.82, 2.24) is 10.2 Å². The summed E-state index contributed by atoms with van der Waals surface area (Å²) in [4.78, 5) is 27.1. The number of halogens is 1. The molecule has 0 radical (unpaired) electrons. The second-order valence-electron chi connectivity index (χ2n) is 7.12. The molecule has 0 fully saturated rings. The Morgan fingerprint density at radius 3 is 2.30 bits per heavy atom. The molecule has 1 aliphatic rings. The lowest BCUT2D eigenvalue weighted by molar-refractivity contribution is -0.385. The molecular weight excluding hydrogens is 448 g/mol. The van der Waals surface area contributed by atoms with E-state index in [0.29, 0.717) is 32.9 Å². The average Bonchev–Trinajstić information content (AvgIpc) is 3.21. The molecule has 5 rings (SSSR count). The Morgan fingerprint density at radius 2 is 1.58 bits per heavy atom. The molecule has 162 valence electrons. The zero-order valence-corrected chi connectivity index (χ0v) is 17.4. The van der Waals surface area contributed by atoms with Crippen molar-refractivity contribution in [2.75, 3.05) is 5.32 Å². The number of nitrogens with zero attached hydrogens (tertiary/aromatic N) is 4. The third-order valence-electron chi connectivity index (χ3n) is 5.26. The molecule has 0 amide bonds. The number of aromatic amines is 1. The fourth-order valence-corrected chi connectivity index (χ4v) is 4.01. The van der Waals surface area contributed by atoms with Crippen molar-refractivity contribution < 1.29 is 9.85 Å². The van der Waals surface area contributed by atoms with E-state index in [4.69, 9.17) is 16.6 Å². The molecule has 1 aromatic heterocycles. The summed E-state index contributed by atoms with van der Waals surface area (Å²) < 4.78 is 0. The summed E-state index contributed by atoms with van der Waals surface area (Å²) in [6.45, 7) is 0. The molecule has 2 heterocycles. The van der Waals surface area contributed by atoms with E-state index in [0.717, 1.165) is 0 Å². The SMILES string of the molecule is O=[N+]([O-])c1ccccc1C1=CNc2c(cc([N+](=O)[O-])c3[nH]ncc23)C(c2ccccc2Cl)=N1. The van der Waals surface area contributed by atoms with E-state index in [1.807, 2.05) is 0 Å². The number of rotatable bonds is 4. The average molecular weight is 461 g/mol. The summed E-state index contributed by atoms with van der Waals surface area (Å²) in [6.07, 6.45) is 3.01.